The van der Waals surface area contributed by atoms with E-state index in [2.05, 4.69) is 65.4 Å². The fourth-order valence-corrected chi connectivity index (χ4v) is 5.58. The summed E-state index contributed by atoms with van der Waals surface area (Å²) in [6, 6.07) is 33.8. The lowest BCUT2D eigenvalue weighted by Gasteiger charge is -2.30. The third-order valence-electron chi connectivity index (χ3n) is 7.53. The summed E-state index contributed by atoms with van der Waals surface area (Å²) in [5.74, 6) is -0.117. The quantitative estimate of drug-likeness (QED) is 0.254. The van der Waals surface area contributed by atoms with Crippen LogP contribution in [0.15, 0.2) is 109 Å². The monoisotopic (exact) mass is 488 g/mol. The molecule has 0 fully saturated rings. The van der Waals surface area contributed by atoms with Crippen LogP contribution in [0.1, 0.15) is 40.2 Å². The van der Waals surface area contributed by atoms with Crippen molar-refractivity contribution in [1.29, 1.82) is 0 Å². The number of benzene rings is 4. The van der Waals surface area contributed by atoms with Gasteiger partial charge in [-0.15, -0.1) is 0 Å². The Balaban J connectivity index is 1.36. The molecule has 37 heavy (non-hydrogen) atoms. The molecule has 1 aliphatic rings. The summed E-state index contributed by atoms with van der Waals surface area (Å²) >= 11 is 0. The number of carbonyl (C=O) groups is 1. The van der Waals surface area contributed by atoms with Crippen LogP contribution in [-0.2, 0) is 24.3 Å². The van der Waals surface area contributed by atoms with Gasteiger partial charge in [-0.25, -0.2) is 4.39 Å². The maximum atomic E-state index is 13.7. The van der Waals surface area contributed by atoms with E-state index in [1.165, 1.54) is 23.3 Å². The van der Waals surface area contributed by atoms with Gasteiger partial charge in [0.05, 0.1) is 0 Å². The number of amides is 1. The van der Waals surface area contributed by atoms with E-state index in [-0.39, 0.29) is 17.6 Å². The maximum absolute atomic E-state index is 13.7. The molecule has 1 aliphatic heterocycles. The van der Waals surface area contributed by atoms with Crippen LogP contribution < -0.4 is 0 Å². The largest absolute Gasteiger partial charge is 0.343 e. The Labute approximate surface area is 216 Å². The van der Waals surface area contributed by atoms with Crippen LogP contribution in [0, 0.1) is 5.82 Å². The first kappa shape index (κ1) is 23.2. The SMILES string of the molecule is O=C(CC(c1ccccc1)c1cn(Cc2ccc(F)cc2)c2ccccc12)N1CCc2ccccc2C1. The van der Waals surface area contributed by atoms with Crippen molar-refractivity contribution in [3.05, 3.63) is 143 Å². The lowest BCUT2D eigenvalue weighted by atomic mass is 9.87. The van der Waals surface area contributed by atoms with Gasteiger partial charge >= 0.3 is 0 Å². The molecule has 0 saturated carbocycles. The molecule has 4 aromatic carbocycles. The van der Waals surface area contributed by atoms with E-state index in [0.717, 1.165) is 40.6 Å². The van der Waals surface area contributed by atoms with Crippen molar-refractivity contribution < 1.29 is 9.18 Å². The van der Waals surface area contributed by atoms with E-state index < -0.39 is 0 Å². The van der Waals surface area contributed by atoms with Crippen LogP contribution in [0.2, 0.25) is 0 Å². The Bertz CT molecular complexity index is 1540. The zero-order chi connectivity index (χ0) is 25.2. The normalized spacial score (nSPS) is 13.9. The summed E-state index contributed by atoms with van der Waals surface area (Å²) in [4.78, 5) is 15.7. The summed E-state index contributed by atoms with van der Waals surface area (Å²) in [7, 11) is 0. The third-order valence-corrected chi connectivity index (χ3v) is 7.53. The van der Waals surface area contributed by atoms with E-state index in [4.69, 9.17) is 0 Å². The number of rotatable bonds is 6. The van der Waals surface area contributed by atoms with Crippen LogP contribution in [0.5, 0.6) is 0 Å². The molecule has 1 aromatic heterocycles. The van der Waals surface area contributed by atoms with Crippen molar-refractivity contribution in [3.63, 3.8) is 0 Å². The second-order valence-electron chi connectivity index (χ2n) is 9.86. The first-order valence-electron chi connectivity index (χ1n) is 12.9. The van der Waals surface area contributed by atoms with E-state index in [9.17, 15) is 9.18 Å². The zero-order valence-corrected chi connectivity index (χ0v) is 20.7. The highest BCUT2D eigenvalue weighted by Gasteiger charge is 2.27. The van der Waals surface area contributed by atoms with Gasteiger partial charge < -0.3 is 9.47 Å². The standard InChI is InChI=1S/C33H29FN2O/c34-28-16-14-24(15-17-28)21-36-23-31(29-12-6-7-13-32(29)36)30(26-9-2-1-3-10-26)20-33(37)35-19-18-25-8-4-5-11-27(25)22-35/h1-17,23,30H,18-22H2. The lowest BCUT2D eigenvalue weighted by Crippen LogP contribution is -2.36. The molecule has 184 valence electrons. The number of halogens is 1. The highest BCUT2D eigenvalue weighted by molar-refractivity contribution is 5.87. The first-order chi connectivity index (χ1) is 18.2. The first-order valence-corrected chi connectivity index (χ1v) is 12.9. The van der Waals surface area contributed by atoms with Crippen molar-refractivity contribution in [2.75, 3.05) is 6.54 Å². The Morgan fingerprint density at radius 3 is 2.32 bits per heavy atom. The predicted molar refractivity (Wildman–Crippen MR) is 146 cm³/mol. The molecule has 0 radical (unpaired) electrons. The van der Waals surface area contributed by atoms with Crippen LogP contribution in [0.3, 0.4) is 0 Å². The summed E-state index contributed by atoms with van der Waals surface area (Å²) in [6.07, 6.45) is 3.50. The van der Waals surface area contributed by atoms with E-state index in [1.54, 1.807) is 0 Å². The number of para-hydroxylation sites is 1. The number of carbonyl (C=O) groups excluding carboxylic acids is 1. The fraction of sp³-hybridized carbons (Fsp3) is 0.182. The molecule has 5 aromatic rings. The van der Waals surface area contributed by atoms with Gasteiger partial charge in [0.25, 0.3) is 0 Å². The average molecular weight is 489 g/mol. The Morgan fingerprint density at radius 1 is 0.811 bits per heavy atom. The van der Waals surface area contributed by atoms with Crippen LogP contribution in [0.4, 0.5) is 4.39 Å². The Hall–Kier alpha value is -4.18. The second-order valence-corrected chi connectivity index (χ2v) is 9.86. The molecule has 0 N–H and O–H groups in total. The number of hydrogen-bond donors (Lipinski definition) is 0. The second kappa shape index (κ2) is 10.1. The van der Waals surface area contributed by atoms with Gasteiger partial charge in [0.15, 0.2) is 0 Å². The molecule has 1 amide bonds. The zero-order valence-electron chi connectivity index (χ0n) is 20.7. The number of aromatic nitrogens is 1. The van der Waals surface area contributed by atoms with Crippen molar-refractivity contribution >= 4 is 16.8 Å². The molecule has 1 unspecified atom stereocenters. The summed E-state index contributed by atoms with van der Waals surface area (Å²) in [5, 5.41) is 1.15. The van der Waals surface area contributed by atoms with E-state index >= 15 is 0 Å². The van der Waals surface area contributed by atoms with Crippen LogP contribution >= 0.6 is 0 Å². The number of fused-ring (bicyclic) bond motifs is 2. The van der Waals surface area contributed by atoms with Crippen molar-refractivity contribution in [3.8, 4) is 0 Å². The number of hydrogen-bond acceptors (Lipinski definition) is 1. The van der Waals surface area contributed by atoms with Gasteiger partial charge in [-0.2, -0.15) is 0 Å². The Kier molecular flexibility index (Phi) is 6.32. The molecule has 0 spiro atoms. The lowest BCUT2D eigenvalue weighted by molar-refractivity contribution is -0.132. The van der Waals surface area contributed by atoms with Gasteiger partial charge in [0.2, 0.25) is 5.91 Å². The molecule has 4 heteroatoms. The molecule has 2 heterocycles. The fourth-order valence-electron chi connectivity index (χ4n) is 5.58. The molecular formula is C33H29FN2O. The molecule has 0 saturated heterocycles. The average Bonchev–Trinajstić information content (AvgIpc) is 3.31. The van der Waals surface area contributed by atoms with Crippen LogP contribution in [-0.4, -0.2) is 21.9 Å². The molecule has 6 rings (SSSR count). The van der Waals surface area contributed by atoms with Gasteiger partial charge in [0.1, 0.15) is 5.82 Å². The van der Waals surface area contributed by atoms with Crippen LogP contribution in [0.25, 0.3) is 10.9 Å². The van der Waals surface area contributed by atoms with E-state index in [1.807, 2.05) is 41.3 Å². The summed E-state index contributed by atoms with van der Waals surface area (Å²) in [5.41, 5.74) is 7.02. The molecule has 0 bridgehead atoms. The molecule has 3 nitrogen and oxygen atoms in total. The highest BCUT2D eigenvalue weighted by Crippen LogP contribution is 2.36. The molecular weight excluding hydrogens is 459 g/mol. The summed E-state index contributed by atoms with van der Waals surface area (Å²) in [6.45, 7) is 2.06. The minimum Gasteiger partial charge on any atom is -0.343 e. The van der Waals surface area contributed by atoms with Crippen molar-refractivity contribution in [1.82, 2.24) is 9.47 Å². The third kappa shape index (κ3) is 4.79. The Morgan fingerprint density at radius 2 is 1.51 bits per heavy atom. The van der Waals surface area contributed by atoms with Gasteiger partial charge in [-0.1, -0.05) is 84.9 Å². The van der Waals surface area contributed by atoms with Gasteiger partial charge in [-0.05, 0) is 52.4 Å². The topological polar surface area (TPSA) is 25.2 Å². The van der Waals surface area contributed by atoms with E-state index in [0.29, 0.717) is 19.5 Å². The van der Waals surface area contributed by atoms with Crippen molar-refractivity contribution in [2.24, 2.45) is 0 Å². The highest BCUT2D eigenvalue weighted by atomic mass is 19.1. The van der Waals surface area contributed by atoms with Gasteiger partial charge in [-0.3, -0.25) is 4.79 Å². The minimum atomic E-state index is -0.232. The molecule has 1 atom stereocenters. The molecule has 0 aliphatic carbocycles. The van der Waals surface area contributed by atoms with Crippen molar-refractivity contribution in [2.45, 2.75) is 31.8 Å². The predicted octanol–water partition coefficient (Wildman–Crippen LogP) is 6.94. The summed E-state index contributed by atoms with van der Waals surface area (Å²) < 4.78 is 15.7. The smallest absolute Gasteiger partial charge is 0.223 e. The van der Waals surface area contributed by atoms with Gasteiger partial charge in [0, 0.05) is 49.1 Å². The minimum absolute atomic E-state index is 0.0646. The maximum Gasteiger partial charge on any atom is 0.223 e. The number of nitrogens with zero attached hydrogens (tertiary/aromatic N) is 2.